The summed E-state index contributed by atoms with van der Waals surface area (Å²) in [6.07, 6.45) is 1.60. The number of hydrogen-bond acceptors (Lipinski definition) is 3. The van der Waals surface area contributed by atoms with Crippen LogP contribution >= 0.6 is 12.4 Å². The number of nitrogens with zero attached hydrogens (tertiary/aromatic N) is 2. The monoisotopic (exact) mass is 244 g/mol. The predicted octanol–water partition coefficient (Wildman–Crippen LogP) is 0.574. The van der Waals surface area contributed by atoms with E-state index in [9.17, 15) is 4.79 Å². The molecule has 90 valence electrons. The van der Waals surface area contributed by atoms with E-state index in [-0.39, 0.29) is 18.3 Å². The van der Waals surface area contributed by atoms with Crippen LogP contribution in [-0.2, 0) is 0 Å². The highest BCUT2D eigenvalue weighted by molar-refractivity contribution is 5.92. The number of amides is 1. The van der Waals surface area contributed by atoms with Crippen LogP contribution in [0.1, 0.15) is 23.2 Å². The van der Waals surface area contributed by atoms with E-state index in [2.05, 4.69) is 22.2 Å². The van der Waals surface area contributed by atoms with Crippen molar-refractivity contribution in [3.8, 4) is 0 Å². The Balaban J connectivity index is 0.00000128. The van der Waals surface area contributed by atoms with Crippen molar-refractivity contribution >= 4 is 18.3 Å². The molecule has 1 aliphatic heterocycles. The number of H-pyrrole nitrogens is 1. The summed E-state index contributed by atoms with van der Waals surface area (Å²) in [5, 5.41) is 3.30. The van der Waals surface area contributed by atoms with Gasteiger partial charge in [0.15, 0.2) is 0 Å². The maximum atomic E-state index is 12.0. The smallest absolute Gasteiger partial charge is 0.272 e. The van der Waals surface area contributed by atoms with E-state index in [1.807, 2.05) is 11.8 Å². The summed E-state index contributed by atoms with van der Waals surface area (Å²) < 4.78 is 0. The molecule has 0 aliphatic carbocycles. The second-order valence-electron chi connectivity index (χ2n) is 3.99. The van der Waals surface area contributed by atoms with Gasteiger partial charge in [-0.15, -0.1) is 12.4 Å². The Kier molecular flexibility index (Phi) is 4.32. The Morgan fingerprint density at radius 3 is 2.94 bits per heavy atom. The molecule has 0 bridgehead atoms. The fourth-order valence-corrected chi connectivity index (χ4v) is 1.82. The molecule has 0 unspecified atom stereocenters. The van der Waals surface area contributed by atoms with Crippen LogP contribution in [0.15, 0.2) is 6.20 Å². The van der Waals surface area contributed by atoms with Gasteiger partial charge in [0.05, 0.1) is 6.20 Å². The summed E-state index contributed by atoms with van der Waals surface area (Å²) in [5.74, 6) is 0.825. The summed E-state index contributed by atoms with van der Waals surface area (Å²) in [6.45, 7) is 6.31. The van der Waals surface area contributed by atoms with Gasteiger partial charge in [-0.3, -0.25) is 4.79 Å². The first kappa shape index (κ1) is 13.0. The Labute approximate surface area is 101 Å². The molecular formula is C10H17ClN4O. The maximum absolute atomic E-state index is 12.0. The van der Waals surface area contributed by atoms with E-state index in [4.69, 9.17) is 0 Å². The lowest BCUT2D eigenvalue weighted by atomic mass is 10.2. The van der Waals surface area contributed by atoms with Crippen molar-refractivity contribution in [3.63, 3.8) is 0 Å². The molecule has 1 amide bonds. The van der Waals surface area contributed by atoms with Crippen LogP contribution in [0.5, 0.6) is 0 Å². The summed E-state index contributed by atoms with van der Waals surface area (Å²) in [7, 11) is 0. The lowest BCUT2D eigenvalue weighted by Crippen LogP contribution is -2.51. The van der Waals surface area contributed by atoms with E-state index >= 15 is 0 Å². The van der Waals surface area contributed by atoms with Crippen LogP contribution in [0.25, 0.3) is 0 Å². The molecule has 1 fully saturated rings. The minimum Gasteiger partial charge on any atom is -0.338 e. The number of rotatable bonds is 1. The van der Waals surface area contributed by atoms with Crippen molar-refractivity contribution in [2.75, 3.05) is 19.6 Å². The zero-order valence-electron chi connectivity index (χ0n) is 9.49. The molecule has 1 saturated heterocycles. The van der Waals surface area contributed by atoms with Crippen molar-refractivity contribution < 1.29 is 4.79 Å². The molecule has 2 N–H and O–H groups in total. The second-order valence-corrected chi connectivity index (χ2v) is 3.99. The van der Waals surface area contributed by atoms with Crippen molar-refractivity contribution in [3.05, 3.63) is 17.7 Å². The lowest BCUT2D eigenvalue weighted by Gasteiger charge is -2.31. The van der Waals surface area contributed by atoms with Gasteiger partial charge in [0.25, 0.3) is 5.91 Å². The third-order valence-corrected chi connectivity index (χ3v) is 2.59. The van der Waals surface area contributed by atoms with Crippen LogP contribution in [0.4, 0.5) is 0 Å². The number of hydrogen-bond donors (Lipinski definition) is 2. The molecule has 0 spiro atoms. The van der Waals surface area contributed by atoms with Gasteiger partial charge < -0.3 is 15.2 Å². The highest BCUT2D eigenvalue weighted by Gasteiger charge is 2.22. The van der Waals surface area contributed by atoms with E-state index in [1.165, 1.54) is 0 Å². The average Bonchev–Trinajstić information content (AvgIpc) is 2.64. The Hall–Kier alpha value is -1.07. The molecule has 1 atom stereocenters. The minimum atomic E-state index is 0. The molecule has 2 rings (SSSR count). The highest BCUT2D eigenvalue weighted by atomic mass is 35.5. The fraction of sp³-hybridized carbons (Fsp3) is 0.600. The van der Waals surface area contributed by atoms with Crippen molar-refractivity contribution in [1.29, 1.82) is 0 Å². The number of imidazole rings is 1. The number of carbonyl (C=O) groups excluding carboxylic acids is 1. The van der Waals surface area contributed by atoms with Crippen molar-refractivity contribution in [2.24, 2.45) is 0 Å². The van der Waals surface area contributed by atoms with Gasteiger partial charge in [-0.05, 0) is 13.8 Å². The number of carbonyl (C=O) groups is 1. The number of aryl methyl sites for hydroxylation is 1. The molecule has 1 aromatic rings. The molecule has 0 radical (unpaired) electrons. The summed E-state index contributed by atoms with van der Waals surface area (Å²) in [6, 6.07) is 0.367. The number of halogens is 1. The van der Waals surface area contributed by atoms with Gasteiger partial charge in [0.1, 0.15) is 11.5 Å². The van der Waals surface area contributed by atoms with Crippen molar-refractivity contribution in [1.82, 2.24) is 20.2 Å². The molecule has 0 aromatic carbocycles. The third kappa shape index (κ3) is 2.74. The molecule has 1 aliphatic rings. The molecular weight excluding hydrogens is 228 g/mol. The van der Waals surface area contributed by atoms with Gasteiger partial charge in [-0.25, -0.2) is 4.98 Å². The number of aromatic nitrogens is 2. The predicted molar refractivity (Wildman–Crippen MR) is 63.9 cm³/mol. The van der Waals surface area contributed by atoms with Gasteiger partial charge in [-0.2, -0.15) is 0 Å². The zero-order valence-corrected chi connectivity index (χ0v) is 10.3. The normalized spacial score (nSPS) is 20.4. The van der Waals surface area contributed by atoms with Gasteiger partial charge in [0.2, 0.25) is 0 Å². The van der Waals surface area contributed by atoms with Gasteiger partial charge >= 0.3 is 0 Å². The van der Waals surface area contributed by atoms with E-state index in [0.29, 0.717) is 11.7 Å². The molecule has 16 heavy (non-hydrogen) atoms. The Morgan fingerprint density at radius 2 is 2.38 bits per heavy atom. The molecule has 2 heterocycles. The molecule has 5 nitrogen and oxygen atoms in total. The zero-order chi connectivity index (χ0) is 10.8. The van der Waals surface area contributed by atoms with Crippen LogP contribution in [0.2, 0.25) is 0 Å². The molecule has 0 saturated carbocycles. The number of piperazine rings is 1. The van der Waals surface area contributed by atoms with E-state index < -0.39 is 0 Å². The van der Waals surface area contributed by atoms with Gasteiger partial charge in [0, 0.05) is 25.7 Å². The first-order valence-electron chi connectivity index (χ1n) is 5.21. The van der Waals surface area contributed by atoms with E-state index in [0.717, 1.165) is 25.5 Å². The maximum Gasteiger partial charge on any atom is 0.272 e. The average molecular weight is 245 g/mol. The summed E-state index contributed by atoms with van der Waals surface area (Å²) >= 11 is 0. The quantitative estimate of drug-likeness (QED) is 0.760. The van der Waals surface area contributed by atoms with E-state index in [1.54, 1.807) is 6.20 Å². The van der Waals surface area contributed by atoms with Crippen LogP contribution in [-0.4, -0.2) is 46.5 Å². The van der Waals surface area contributed by atoms with Crippen molar-refractivity contribution in [2.45, 2.75) is 19.9 Å². The third-order valence-electron chi connectivity index (χ3n) is 2.59. The largest absolute Gasteiger partial charge is 0.338 e. The second kappa shape index (κ2) is 5.32. The minimum absolute atomic E-state index is 0. The standard InChI is InChI=1S/C10H16N4O.ClH/c1-7-6-14(4-3-11-7)10(15)9-5-12-8(2)13-9;/h5,7,11H,3-4,6H2,1-2H3,(H,12,13);1H/t7-;/m1./s1. The summed E-state index contributed by atoms with van der Waals surface area (Å²) in [5.41, 5.74) is 0.585. The lowest BCUT2D eigenvalue weighted by molar-refractivity contribution is 0.0703. The van der Waals surface area contributed by atoms with Crippen LogP contribution < -0.4 is 5.32 Å². The van der Waals surface area contributed by atoms with Crippen LogP contribution in [0, 0.1) is 6.92 Å². The van der Waals surface area contributed by atoms with Crippen LogP contribution in [0.3, 0.4) is 0 Å². The highest BCUT2D eigenvalue weighted by Crippen LogP contribution is 2.05. The Bertz CT molecular complexity index is 365. The SMILES string of the molecule is Cc1ncc(C(=O)N2CCN[C@H](C)C2)[nH]1.Cl. The fourth-order valence-electron chi connectivity index (χ4n) is 1.82. The topological polar surface area (TPSA) is 61.0 Å². The summed E-state index contributed by atoms with van der Waals surface area (Å²) in [4.78, 5) is 20.8. The first-order chi connectivity index (χ1) is 7.16. The molecule has 6 heteroatoms. The Morgan fingerprint density at radius 1 is 1.62 bits per heavy atom. The molecule has 1 aromatic heterocycles. The first-order valence-corrected chi connectivity index (χ1v) is 5.21. The van der Waals surface area contributed by atoms with Gasteiger partial charge in [-0.1, -0.05) is 0 Å². The number of nitrogens with one attached hydrogen (secondary N) is 2. The number of aromatic amines is 1.